The summed E-state index contributed by atoms with van der Waals surface area (Å²) in [6, 6.07) is 20.4. The molecule has 0 atom stereocenters. The van der Waals surface area contributed by atoms with Gasteiger partial charge in [0.05, 0.1) is 5.69 Å². The molecule has 3 aromatic rings. The number of carboxylic acid groups (broad SMARTS) is 1. The number of benzene rings is 2. The quantitative estimate of drug-likeness (QED) is 0.389. The molecule has 8 heteroatoms. The Labute approximate surface area is 229 Å². The SMILES string of the molecule is O=C(O)COC1(c2ccc(Br)cn2)CCC2(CC1)CN(C(=O)OCC1c3ccccc3-c3ccccc31)C2. The zero-order chi connectivity index (χ0) is 26.3. The molecule has 1 saturated carbocycles. The minimum Gasteiger partial charge on any atom is -0.480 e. The normalized spacial score (nSPS) is 18.9. The van der Waals surface area contributed by atoms with Crippen molar-refractivity contribution in [2.45, 2.75) is 37.2 Å². The van der Waals surface area contributed by atoms with Crippen LogP contribution in [0.1, 0.15) is 48.4 Å². The van der Waals surface area contributed by atoms with Crippen molar-refractivity contribution in [3.05, 3.63) is 88.2 Å². The standard InChI is InChI=1S/C30H29BrN2O5/c31-20-9-10-26(32-15-20)30(38-17-27(34)35)13-11-29(12-14-30)18-33(19-29)28(36)37-16-25-23-7-3-1-5-21(23)22-6-2-4-8-24(22)25/h1-10,15,25H,11-14,16-19H2,(H,34,35). The van der Waals surface area contributed by atoms with E-state index in [-0.39, 0.29) is 24.0 Å². The zero-order valence-electron chi connectivity index (χ0n) is 20.9. The highest BCUT2D eigenvalue weighted by molar-refractivity contribution is 9.10. The van der Waals surface area contributed by atoms with Gasteiger partial charge in [-0.05, 0) is 76.0 Å². The molecule has 1 spiro atoms. The van der Waals surface area contributed by atoms with E-state index in [4.69, 9.17) is 9.47 Å². The van der Waals surface area contributed by atoms with Gasteiger partial charge in [0.15, 0.2) is 0 Å². The van der Waals surface area contributed by atoms with Gasteiger partial charge in [0, 0.05) is 35.1 Å². The van der Waals surface area contributed by atoms with E-state index in [0.29, 0.717) is 32.5 Å². The van der Waals surface area contributed by atoms with Crippen molar-refractivity contribution in [2.75, 3.05) is 26.3 Å². The highest BCUT2D eigenvalue weighted by Crippen LogP contribution is 2.52. The van der Waals surface area contributed by atoms with Gasteiger partial charge in [-0.25, -0.2) is 9.59 Å². The number of carboxylic acids is 1. The van der Waals surface area contributed by atoms with Crippen molar-refractivity contribution in [3.63, 3.8) is 0 Å². The van der Waals surface area contributed by atoms with Crippen molar-refractivity contribution >= 4 is 28.0 Å². The van der Waals surface area contributed by atoms with Crippen molar-refractivity contribution in [3.8, 4) is 11.1 Å². The molecule has 6 rings (SSSR count). The van der Waals surface area contributed by atoms with Gasteiger partial charge in [-0.3, -0.25) is 4.98 Å². The maximum absolute atomic E-state index is 13.0. The fraction of sp³-hybridized carbons (Fsp3) is 0.367. The van der Waals surface area contributed by atoms with Crippen LogP contribution >= 0.6 is 15.9 Å². The minimum absolute atomic E-state index is 0.0109. The highest BCUT2D eigenvalue weighted by atomic mass is 79.9. The van der Waals surface area contributed by atoms with E-state index >= 15 is 0 Å². The van der Waals surface area contributed by atoms with Crippen LogP contribution in [-0.4, -0.2) is 53.4 Å². The molecule has 1 N–H and O–H groups in total. The minimum atomic E-state index is -0.994. The molecule has 1 aromatic heterocycles. The molecule has 0 unspecified atom stereocenters. The average Bonchev–Trinajstić information content (AvgIpc) is 3.23. The lowest BCUT2D eigenvalue weighted by Gasteiger charge is -2.54. The number of aliphatic carboxylic acids is 1. The first-order valence-electron chi connectivity index (χ1n) is 13.0. The lowest BCUT2D eigenvalue weighted by atomic mass is 9.64. The molecule has 1 amide bonds. The number of ether oxygens (including phenoxy) is 2. The lowest BCUT2D eigenvalue weighted by Crippen LogP contribution is -2.61. The molecule has 38 heavy (non-hydrogen) atoms. The monoisotopic (exact) mass is 576 g/mol. The number of hydrogen-bond donors (Lipinski definition) is 1. The Hall–Kier alpha value is -3.23. The third kappa shape index (κ3) is 4.50. The number of halogens is 1. The third-order valence-corrected chi connectivity index (χ3v) is 8.90. The van der Waals surface area contributed by atoms with Crippen LogP contribution in [0.2, 0.25) is 0 Å². The first-order valence-corrected chi connectivity index (χ1v) is 13.8. The van der Waals surface area contributed by atoms with Crippen molar-refractivity contribution in [2.24, 2.45) is 5.41 Å². The van der Waals surface area contributed by atoms with Crippen molar-refractivity contribution < 1.29 is 24.2 Å². The van der Waals surface area contributed by atoms with Gasteiger partial charge >= 0.3 is 12.1 Å². The van der Waals surface area contributed by atoms with Gasteiger partial charge in [-0.2, -0.15) is 0 Å². The number of likely N-dealkylation sites (tertiary alicyclic amines) is 1. The first kappa shape index (κ1) is 25.1. The molecule has 2 fully saturated rings. The zero-order valence-corrected chi connectivity index (χ0v) is 22.5. The number of carbonyl (C=O) groups excluding carboxylic acids is 1. The van der Waals surface area contributed by atoms with Crippen LogP contribution < -0.4 is 0 Å². The topological polar surface area (TPSA) is 89.0 Å². The molecule has 196 valence electrons. The molecule has 1 aliphatic heterocycles. The maximum atomic E-state index is 13.0. The fourth-order valence-corrected chi connectivity index (χ4v) is 6.63. The highest BCUT2D eigenvalue weighted by Gasteiger charge is 2.52. The van der Waals surface area contributed by atoms with E-state index in [2.05, 4.69) is 45.2 Å². The molecule has 7 nitrogen and oxygen atoms in total. The van der Waals surface area contributed by atoms with Gasteiger partial charge in [-0.15, -0.1) is 0 Å². The van der Waals surface area contributed by atoms with Crippen LogP contribution in [0, 0.1) is 5.41 Å². The van der Waals surface area contributed by atoms with E-state index in [0.717, 1.165) is 23.0 Å². The van der Waals surface area contributed by atoms with Crippen LogP contribution in [-0.2, 0) is 19.9 Å². The molecular formula is C30H29BrN2O5. The summed E-state index contributed by atoms with van der Waals surface area (Å²) in [5, 5.41) is 9.23. The Bertz CT molecular complexity index is 1310. The van der Waals surface area contributed by atoms with Crippen LogP contribution in [0.3, 0.4) is 0 Å². The molecule has 2 aliphatic carbocycles. The Balaban J connectivity index is 1.08. The second-order valence-electron chi connectivity index (χ2n) is 10.7. The number of nitrogens with zero attached hydrogens (tertiary/aromatic N) is 2. The third-order valence-electron chi connectivity index (χ3n) is 8.43. The smallest absolute Gasteiger partial charge is 0.409 e. The second-order valence-corrected chi connectivity index (χ2v) is 11.6. The summed E-state index contributed by atoms with van der Waals surface area (Å²) in [7, 11) is 0. The number of rotatable bonds is 6. The number of hydrogen-bond acceptors (Lipinski definition) is 5. The predicted octanol–water partition coefficient (Wildman–Crippen LogP) is 5.97. The first-order chi connectivity index (χ1) is 18.4. The maximum Gasteiger partial charge on any atom is 0.409 e. The van der Waals surface area contributed by atoms with E-state index in [1.54, 1.807) is 11.1 Å². The van der Waals surface area contributed by atoms with Gasteiger partial charge in [-0.1, -0.05) is 48.5 Å². The van der Waals surface area contributed by atoms with Crippen LogP contribution in [0.25, 0.3) is 11.1 Å². The summed E-state index contributed by atoms with van der Waals surface area (Å²) in [4.78, 5) is 30.6. The number of aromatic nitrogens is 1. The van der Waals surface area contributed by atoms with Gasteiger partial charge < -0.3 is 19.5 Å². The van der Waals surface area contributed by atoms with Crippen molar-refractivity contribution in [1.29, 1.82) is 0 Å². The predicted molar refractivity (Wildman–Crippen MR) is 145 cm³/mol. The van der Waals surface area contributed by atoms with Crippen LogP contribution in [0.5, 0.6) is 0 Å². The Morgan fingerprint density at radius 1 is 0.947 bits per heavy atom. The molecule has 0 radical (unpaired) electrons. The summed E-state index contributed by atoms with van der Waals surface area (Å²) < 4.78 is 12.7. The Kier molecular flexibility index (Phi) is 6.48. The molecular weight excluding hydrogens is 548 g/mol. The van der Waals surface area contributed by atoms with Gasteiger partial charge in [0.2, 0.25) is 0 Å². The Morgan fingerprint density at radius 2 is 1.58 bits per heavy atom. The van der Waals surface area contributed by atoms with E-state index in [9.17, 15) is 14.7 Å². The van der Waals surface area contributed by atoms with Crippen LogP contribution in [0.15, 0.2) is 71.3 Å². The largest absolute Gasteiger partial charge is 0.480 e. The summed E-state index contributed by atoms with van der Waals surface area (Å²) >= 11 is 3.41. The van der Waals surface area contributed by atoms with Gasteiger partial charge in [0.25, 0.3) is 0 Å². The fourth-order valence-electron chi connectivity index (χ4n) is 6.40. The van der Waals surface area contributed by atoms with E-state index in [1.807, 2.05) is 36.4 Å². The summed E-state index contributed by atoms with van der Waals surface area (Å²) in [5.74, 6) is -0.950. The number of amides is 1. The van der Waals surface area contributed by atoms with Crippen LogP contribution in [0.4, 0.5) is 4.79 Å². The molecule has 3 aliphatic rings. The molecule has 2 heterocycles. The second kappa shape index (κ2) is 9.82. The van der Waals surface area contributed by atoms with Gasteiger partial charge in [0.1, 0.15) is 18.8 Å². The number of carbonyl (C=O) groups is 2. The number of fused-ring (bicyclic) bond motifs is 3. The van der Waals surface area contributed by atoms with E-state index in [1.165, 1.54) is 22.3 Å². The van der Waals surface area contributed by atoms with Crippen molar-refractivity contribution in [1.82, 2.24) is 9.88 Å². The Morgan fingerprint density at radius 3 is 2.16 bits per heavy atom. The number of pyridine rings is 1. The molecule has 0 bridgehead atoms. The van der Waals surface area contributed by atoms with E-state index < -0.39 is 11.6 Å². The summed E-state index contributed by atoms with van der Waals surface area (Å²) in [6.07, 6.45) is 4.43. The summed E-state index contributed by atoms with van der Waals surface area (Å²) in [6.45, 7) is 1.24. The lowest BCUT2D eigenvalue weighted by molar-refractivity contribution is -0.161. The summed E-state index contributed by atoms with van der Waals surface area (Å²) in [5.41, 5.74) is 4.86. The average molecular weight is 577 g/mol. The molecule has 1 saturated heterocycles. The molecule has 2 aromatic carbocycles.